The Kier molecular flexibility index (Phi) is 4.52. The topological polar surface area (TPSA) is 75.3 Å². The average Bonchev–Trinajstić information content (AvgIpc) is 2.26. The van der Waals surface area contributed by atoms with Crippen LogP contribution >= 0.6 is 0 Å². The summed E-state index contributed by atoms with van der Waals surface area (Å²) >= 11 is 0. The van der Waals surface area contributed by atoms with Crippen LogP contribution in [0.2, 0.25) is 0 Å². The van der Waals surface area contributed by atoms with Gasteiger partial charge in [-0.3, -0.25) is 4.79 Å². The van der Waals surface area contributed by atoms with Crippen LogP contribution in [0, 0.1) is 6.92 Å². The Morgan fingerprint density at radius 2 is 2.12 bits per heavy atom. The molecule has 4 nitrogen and oxygen atoms in total. The van der Waals surface area contributed by atoms with Crippen LogP contribution in [0.1, 0.15) is 30.9 Å². The molecule has 0 radical (unpaired) electrons. The zero-order chi connectivity index (χ0) is 13.0. The number of hydrogen-bond acceptors (Lipinski definition) is 3. The fourth-order valence-electron chi connectivity index (χ4n) is 1.50. The van der Waals surface area contributed by atoms with Crippen molar-refractivity contribution < 1.29 is 9.90 Å². The maximum Gasteiger partial charge on any atom is 0.322 e. The second-order valence-electron chi connectivity index (χ2n) is 4.55. The van der Waals surface area contributed by atoms with E-state index in [1.807, 2.05) is 13.0 Å². The van der Waals surface area contributed by atoms with Gasteiger partial charge in [-0.1, -0.05) is 26.0 Å². The van der Waals surface area contributed by atoms with Crippen LogP contribution in [0.4, 0.5) is 5.69 Å². The second kappa shape index (κ2) is 5.68. The van der Waals surface area contributed by atoms with E-state index in [4.69, 9.17) is 10.8 Å². The van der Waals surface area contributed by atoms with Gasteiger partial charge in [0, 0.05) is 12.2 Å². The molecule has 0 aliphatic heterocycles. The van der Waals surface area contributed by atoms with Crippen molar-refractivity contribution in [3.8, 4) is 0 Å². The summed E-state index contributed by atoms with van der Waals surface area (Å²) in [6, 6.07) is 5.29. The molecule has 0 fully saturated rings. The van der Waals surface area contributed by atoms with Crippen molar-refractivity contribution >= 4 is 11.7 Å². The molecule has 0 bridgehead atoms. The summed E-state index contributed by atoms with van der Waals surface area (Å²) in [4.78, 5) is 10.6. The summed E-state index contributed by atoms with van der Waals surface area (Å²) in [5.74, 6) is -0.542. The van der Waals surface area contributed by atoms with Crippen LogP contribution in [-0.2, 0) is 4.79 Å². The Hall–Kier alpha value is -1.55. The molecule has 0 saturated heterocycles. The molecule has 4 N–H and O–H groups in total. The van der Waals surface area contributed by atoms with Crippen molar-refractivity contribution in [1.82, 2.24) is 0 Å². The minimum absolute atomic E-state index is 0.234. The lowest BCUT2D eigenvalue weighted by Crippen LogP contribution is -2.37. The normalized spacial score (nSPS) is 12.5. The summed E-state index contributed by atoms with van der Waals surface area (Å²) in [5.41, 5.74) is 8.72. The van der Waals surface area contributed by atoms with E-state index in [1.165, 1.54) is 5.56 Å². The number of anilines is 1. The monoisotopic (exact) mass is 236 g/mol. The van der Waals surface area contributed by atoms with Crippen LogP contribution in [0.15, 0.2) is 18.2 Å². The molecule has 0 aromatic heterocycles. The first-order valence-corrected chi connectivity index (χ1v) is 5.74. The highest BCUT2D eigenvalue weighted by Gasteiger charge is 2.11. The van der Waals surface area contributed by atoms with E-state index in [9.17, 15) is 4.79 Å². The highest BCUT2D eigenvalue weighted by Crippen LogP contribution is 2.22. The number of hydrogen-bond donors (Lipinski definition) is 3. The SMILES string of the molecule is Cc1ccc(C(C)C)cc1NCC(N)C(=O)O. The predicted molar refractivity (Wildman–Crippen MR) is 69.4 cm³/mol. The predicted octanol–water partition coefficient (Wildman–Crippen LogP) is 1.94. The van der Waals surface area contributed by atoms with Crippen LogP contribution < -0.4 is 11.1 Å². The Balaban J connectivity index is 2.76. The molecule has 1 aromatic rings. The van der Waals surface area contributed by atoms with Crippen LogP contribution in [0.5, 0.6) is 0 Å². The number of aryl methyl sites for hydroxylation is 1. The van der Waals surface area contributed by atoms with E-state index in [2.05, 4.69) is 31.3 Å². The van der Waals surface area contributed by atoms with Crippen molar-refractivity contribution in [2.75, 3.05) is 11.9 Å². The highest BCUT2D eigenvalue weighted by molar-refractivity contribution is 5.74. The lowest BCUT2D eigenvalue weighted by Gasteiger charge is -2.14. The van der Waals surface area contributed by atoms with Crippen LogP contribution in [0.3, 0.4) is 0 Å². The van der Waals surface area contributed by atoms with Crippen molar-refractivity contribution in [1.29, 1.82) is 0 Å². The van der Waals surface area contributed by atoms with Crippen molar-refractivity contribution in [3.63, 3.8) is 0 Å². The summed E-state index contributed by atoms with van der Waals surface area (Å²) in [5, 5.41) is 11.8. The first-order chi connectivity index (χ1) is 7.91. The van der Waals surface area contributed by atoms with Gasteiger partial charge >= 0.3 is 5.97 Å². The number of carbonyl (C=O) groups is 1. The maximum atomic E-state index is 10.6. The molecule has 1 rings (SSSR count). The fraction of sp³-hybridized carbons (Fsp3) is 0.462. The second-order valence-corrected chi connectivity index (χ2v) is 4.55. The molecule has 0 amide bonds. The first kappa shape index (κ1) is 13.5. The summed E-state index contributed by atoms with van der Waals surface area (Å²) in [6.07, 6.45) is 0. The fourth-order valence-corrected chi connectivity index (χ4v) is 1.50. The maximum absolute atomic E-state index is 10.6. The molecule has 17 heavy (non-hydrogen) atoms. The third-order valence-electron chi connectivity index (χ3n) is 2.76. The number of aliphatic carboxylic acids is 1. The van der Waals surface area contributed by atoms with Crippen molar-refractivity contribution in [2.24, 2.45) is 5.73 Å². The molecule has 94 valence electrons. The molecule has 1 unspecified atom stereocenters. The lowest BCUT2D eigenvalue weighted by atomic mass is 10.0. The summed E-state index contributed by atoms with van der Waals surface area (Å²) in [6.45, 7) is 6.46. The number of nitrogens with two attached hydrogens (primary N) is 1. The van der Waals surface area contributed by atoms with Gasteiger partial charge in [-0.2, -0.15) is 0 Å². The van der Waals surface area contributed by atoms with Gasteiger partial charge in [0.1, 0.15) is 6.04 Å². The molecule has 0 spiro atoms. The van der Waals surface area contributed by atoms with Gasteiger partial charge in [0.15, 0.2) is 0 Å². The summed E-state index contributed by atoms with van der Waals surface area (Å²) in [7, 11) is 0. The third-order valence-corrected chi connectivity index (χ3v) is 2.76. The van der Waals surface area contributed by atoms with Crippen LogP contribution in [0.25, 0.3) is 0 Å². The van der Waals surface area contributed by atoms with E-state index >= 15 is 0 Å². The largest absolute Gasteiger partial charge is 0.480 e. The minimum atomic E-state index is -0.991. The van der Waals surface area contributed by atoms with Gasteiger partial charge < -0.3 is 16.2 Å². The van der Waals surface area contributed by atoms with Gasteiger partial charge in [0.2, 0.25) is 0 Å². The van der Waals surface area contributed by atoms with Gasteiger partial charge in [-0.15, -0.1) is 0 Å². The zero-order valence-corrected chi connectivity index (χ0v) is 10.5. The van der Waals surface area contributed by atoms with Gasteiger partial charge in [0.25, 0.3) is 0 Å². The summed E-state index contributed by atoms with van der Waals surface area (Å²) < 4.78 is 0. The zero-order valence-electron chi connectivity index (χ0n) is 10.5. The molecule has 1 atom stereocenters. The van der Waals surface area contributed by atoms with E-state index in [-0.39, 0.29) is 6.54 Å². The number of carboxylic acids is 1. The molecule has 0 aliphatic rings. The molecule has 4 heteroatoms. The first-order valence-electron chi connectivity index (χ1n) is 5.74. The lowest BCUT2D eigenvalue weighted by molar-refractivity contribution is -0.138. The van der Waals surface area contributed by atoms with E-state index in [0.717, 1.165) is 11.3 Å². The van der Waals surface area contributed by atoms with E-state index in [0.29, 0.717) is 5.92 Å². The standard InChI is InChI=1S/C13H20N2O2/c1-8(2)10-5-4-9(3)12(6-10)15-7-11(14)13(16)17/h4-6,8,11,15H,7,14H2,1-3H3,(H,16,17). The smallest absolute Gasteiger partial charge is 0.322 e. The van der Waals surface area contributed by atoms with Crippen molar-refractivity contribution in [2.45, 2.75) is 32.7 Å². The molecule has 0 saturated carbocycles. The number of carboxylic acid groups (broad SMARTS) is 1. The Labute approximate surface area is 102 Å². The molecule has 0 aliphatic carbocycles. The van der Waals surface area contributed by atoms with Gasteiger partial charge in [-0.05, 0) is 30.0 Å². The Bertz CT molecular complexity index is 402. The Morgan fingerprint density at radius 1 is 1.47 bits per heavy atom. The van der Waals surface area contributed by atoms with Crippen LogP contribution in [-0.4, -0.2) is 23.7 Å². The van der Waals surface area contributed by atoms with Gasteiger partial charge in [-0.25, -0.2) is 0 Å². The number of nitrogens with one attached hydrogen (secondary N) is 1. The van der Waals surface area contributed by atoms with Crippen molar-refractivity contribution in [3.05, 3.63) is 29.3 Å². The molecular weight excluding hydrogens is 216 g/mol. The average molecular weight is 236 g/mol. The third kappa shape index (κ3) is 3.75. The molecule has 1 aromatic carbocycles. The quantitative estimate of drug-likeness (QED) is 0.730. The number of benzene rings is 1. The number of rotatable bonds is 5. The highest BCUT2D eigenvalue weighted by atomic mass is 16.4. The molecule has 0 heterocycles. The minimum Gasteiger partial charge on any atom is -0.480 e. The van der Waals surface area contributed by atoms with E-state index < -0.39 is 12.0 Å². The Morgan fingerprint density at radius 3 is 2.65 bits per heavy atom. The molecular formula is C13H20N2O2. The van der Waals surface area contributed by atoms with E-state index in [1.54, 1.807) is 0 Å². The van der Waals surface area contributed by atoms with Gasteiger partial charge in [0.05, 0.1) is 0 Å².